The zero-order valence-electron chi connectivity index (χ0n) is 72.8. The van der Waals surface area contributed by atoms with Crippen LogP contribution in [0.2, 0.25) is 50.2 Å². The lowest BCUT2D eigenvalue weighted by Gasteiger charge is -2.49. The van der Waals surface area contributed by atoms with E-state index in [9.17, 15) is 10.2 Å². The Morgan fingerprint density at radius 3 is 1.22 bits per heavy atom. The standard InChI is InChI=1S/C23H17Cl2IO.C23H17Cl2I.C23H18Cl2O.C21H14Cl2.C13H11Cl.C9H7Cl.2CO2/c1-23(2,27)20-12-14(25)8-10-18(20)21-16-6-4-3-5-15(16)19-11-13(24)7-9-17(19)22(21)26;1-23(2)18-5-3-4-14-17-10-12(24)6-8-15(17)22(26)21(20(14)18)16-9-7-13(25)11-19(16)23;1-23(2,26)22-15-20(25)13-11-18(22)9-8-17-10-12-19(24)14-21(17)16-6-4-3-5-7-16;1-15-13-19(22)11-9-16(15)7-8-18-10-12-20(23)14-21(18)17-5-3-2-4-6-17;1-10-7-8-12(14)9-13(10)11-5-3-2-4-6-11;1-3-8-4-5-9(10)6-7(8)2;2*2-1-3/h3-12,27H,1-2H3;3-11,18,20H,1-2H3;3-7,10-15,26H,1-2H3;2-6,9-14H,1H3;2-9H,1H3;1,4-6H,2H3;;. The minimum Gasteiger partial charge on any atom is -0.386 e. The summed E-state index contributed by atoms with van der Waals surface area (Å²) in [6.07, 6.45) is 12.6. The number of hydrogen-bond donors (Lipinski definition) is 2. The molecule has 0 heterocycles. The number of terminal acetylenes is 1. The number of hydrogen-bond acceptors (Lipinski definition) is 6. The average Bonchev–Trinajstić information content (AvgIpc) is 0.698. The van der Waals surface area contributed by atoms with Crippen molar-refractivity contribution in [3.05, 3.63) is 447 Å². The molecular formula is C114H84Cl10I2O6. The molecule has 3 aliphatic carbocycles. The van der Waals surface area contributed by atoms with E-state index >= 15 is 0 Å². The second-order valence-electron chi connectivity index (χ2n) is 32.4. The number of halogens is 12. The molecule has 0 aliphatic heterocycles. The molecule has 132 heavy (non-hydrogen) atoms. The van der Waals surface area contributed by atoms with Crippen LogP contribution >= 0.6 is 161 Å². The SMILES string of the molecule is C#Cc1ccc(Cl)cc1C.CC(C)(O)c1cc(Cl)ccc1-c1c(I)c2ccc(Cl)cc2c2ccccc12.CC(C)(O)c1cc(Cl)ccc1C#Cc1ccc(Cl)cc1-c1ccccc1.CC1(C)c2cc(Cl)ccc2C2=C(I)c3ccc(Cl)cc3C3=CC=CC1C32.Cc1cc(Cl)ccc1C#Cc1ccc(Cl)cc1-c1ccccc1.Cc1ccc(Cl)cc1-c1ccccc1.O=C=O.O=C=O. The van der Waals surface area contributed by atoms with Crippen molar-refractivity contribution < 1.29 is 29.4 Å². The summed E-state index contributed by atoms with van der Waals surface area (Å²) in [5, 5.41) is 32.9. The van der Waals surface area contributed by atoms with Gasteiger partial charge in [-0.2, -0.15) is 19.2 Å². The molecule has 0 bridgehead atoms. The number of carbonyl (C=O) groups excluding carboxylic acids is 4. The number of fused-ring (bicyclic) bond motifs is 7. The molecule has 2 N–H and O–H groups in total. The maximum atomic E-state index is 10.8. The highest BCUT2D eigenvalue weighted by Gasteiger charge is 2.49. The van der Waals surface area contributed by atoms with Crippen molar-refractivity contribution >= 4 is 210 Å². The molecular weight excluding hydrogens is 2070 g/mol. The van der Waals surface area contributed by atoms with Gasteiger partial charge in [0.2, 0.25) is 0 Å². The van der Waals surface area contributed by atoms with Gasteiger partial charge < -0.3 is 10.2 Å². The Balaban J connectivity index is 0.000000154. The van der Waals surface area contributed by atoms with Crippen LogP contribution in [0, 0.1) is 72.2 Å². The van der Waals surface area contributed by atoms with Crippen LogP contribution in [-0.4, -0.2) is 22.5 Å². The zero-order chi connectivity index (χ0) is 95.5. The molecule has 0 fully saturated rings. The molecule has 15 aromatic carbocycles. The van der Waals surface area contributed by atoms with E-state index in [1.54, 1.807) is 45.9 Å². The van der Waals surface area contributed by atoms with Crippen LogP contribution in [0.1, 0.15) is 119 Å². The van der Waals surface area contributed by atoms with Gasteiger partial charge in [-0.3, -0.25) is 0 Å². The lowest BCUT2D eigenvalue weighted by molar-refractivity contribution is -0.193. The Kier molecular flexibility index (Phi) is 36.1. The van der Waals surface area contributed by atoms with E-state index in [2.05, 4.69) is 181 Å². The van der Waals surface area contributed by atoms with Crippen LogP contribution in [0.15, 0.2) is 315 Å². The molecule has 6 nitrogen and oxygen atoms in total. The molecule has 2 atom stereocenters. The number of aryl methyl sites for hydroxylation is 3. The van der Waals surface area contributed by atoms with Crippen molar-refractivity contribution in [2.45, 2.75) is 78.9 Å². The van der Waals surface area contributed by atoms with E-state index in [0.29, 0.717) is 37.5 Å². The Morgan fingerprint density at radius 1 is 0.348 bits per heavy atom. The lowest BCUT2D eigenvalue weighted by atomic mass is 9.54. The fourth-order valence-electron chi connectivity index (χ4n) is 16.0. The third-order valence-corrected chi connectivity index (χ3v) is 26.9. The molecule has 15 aromatic rings. The van der Waals surface area contributed by atoms with E-state index in [-0.39, 0.29) is 17.7 Å². The molecule has 0 amide bonds. The summed E-state index contributed by atoms with van der Waals surface area (Å²) in [7, 11) is 0. The Hall–Kier alpha value is -10.2. The van der Waals surface area contributed by atoms with Crippen molar-refractivity contribution in [1.82, 2.24) is 0 Å². The van der Waals surface area contributed by atoms with Gasteiger partial charge in [-0.15, -0.1) is 6.42 Å². The van der Waals surface area contributed by atoms with E-state index in [4.69, 9.17) is 142 Å². The third-order valence-electron chi connectivity index (χ3n) is 22.3. The van der Waals surface area contributed by atoms with Crippen molar-refractivity contribution in [3.8, 4) is 80.5 Å². The molecule has 0 radical (unpaired) electrons. The highest BCUT2D eigenvalue weighted by atomic mass is 127. The molecule has 3 aliphatic rings. The Bertz CT molecular complexity index is 7160. The van der Waals surface area contributed by atoms with E-state index in [1.807, 2.05) is 226 Å². The largest absolute Gasteiger partial charge is 0.386 e. The van der Waals surface area contributed by atoms with Gasteiger partial charge in [0, 0.05) is 102 Å². The van der Waals surface area contributed by atoms with E-state index in [1.165, 1.54) is 53.7 Å². The van der Waals surface area contributed by atoms with Gasteiger partial charge in [0.25, 0.3) is 0 Å². The highest BCUT2D eigenvalue weighted by Crippen LogP contribution is 2.62. The van der Waals surface area contributed by atoms with E-state index < -0.39 is 11.2 Å². The number of aliphatic hydroxyl groups is 2. The van der Waals surface area contributed by atoms with Crippen molar-refractivity contribution in [1.29, 1.82) is 0 Å². The minimum atomic E-state index is -1.03. The van der Waals surface area contributed by atoms with Crippen molar-refractivity contribution in [2.24, 2.45) is 11.8 Å². The van der Waals surface area contributed by atoms with Crippen LogP contribution in [0.25, 0.3) is 80.8 Å². The predicted octanol–water partition coefficient (Wildman–Crippen LogP) is 34.0. The summed E-state index contributed by atoms with van der Waals surface area (Å²) in [5.74, 6) is 16.2. The van der Waals surface area contributed by atoms with Crippen molar-refractivity contribution in [3.63, 3.8) is 0 Å². The number of allylic oxidation sites excluding steroid dienone is 5. The van der Waals surface area contributed by atoms with Crippen LogP contribution in [-0.2, 0) is 35.8 Å². The Morgan fingerprint density at radius 2 is 0.720 bits per heavy atom. The average molecular weight is 2160 g/mol. The fraction of sp³-hybridized carbons (Fsp3) is 0.123. The molecule has 0 saturated heterocycles. The van der Waals surface area contributed by atoms with Gasteiger partial charge in [0.05, 0.1) is 11.2 Å². The maximum Gasteiger partial charge on any atom is 0.373 e. The normalized spacial score (nSPS) is 13.1. The van der Waals surface area contributed by atoms with Gasteiger partial charge in [-0.1, -0.05) is 323 Å². The smallest absolute Gasteiger partial charge is 0.373 e. The van der Waals surface area contributed by atoms with Crippen LogP contribution < -0.4 is 0 Å². The second-order valence-corrected chi connectivity index (χ2v) is 39.0. The topological polar surface area (TPSA) is 109 Å². The summed E-state index contributed by atoms with van der Waals surface area (Å²) in [5.41, 5.74) is 24.1. The van der Waals surface area contributed by atoms with Gasteiger partial charge in [0.15, 0.2) is 0 Å². The summed E-state index contributed by atoms with van der Waals surface area (Å²) >= 11 is 66.3. The first kappa shape index (κ1) is 102. The van der Waals surface area contributed by atoms with Crippen LogP contribution in [0.3, 0.4) is 0 Å². The van der Waals surface area contributed by atoms with Gasteiger partial charge in [-0.05, 0) is 373 Å². The lowest BCUT2D eigenvalue weighted by Crippen LogP contribution is -2.41. The number of rotatable bonds is 6. The van der Waals surface area contributed by atoms with E-state index in [0.717, 1.165) is 133 Å². The van der Waals surface area contributed by atoms with Gasteiger partial charge in [0.1, 0.15) is 0 Å². The van der Waals surface area contributed by atoms with Crippen molar-refractivity contribution in [2.75, 3.05) is 0 Å². The first-order chi connectivity index (χ1) is 63.0. The summed E-state index contributed by atoms with van der Waals surface area (Å²) < 4.78 is 2.46. The molecule has 0 saturated carbocycles. The molecule has 18 rings (SSSR count). The number of benzene rings is 15. The molecule has 18 heteroatoms. The van der Waals surface area contributed by atoms with Gasteiger partial charge in [-0.25, -0.2) is 0 Å². The Labute approximate surface area is 848 Å². The highest BCUT2D eigenvalue weighted by molar-refractivity contribution is 14.1. The fourth-order valence-corrected chi connectivity index (χ4v) is 20.0. The molecule has 660 valence electrons. The quantitative estimate of drug-likeness (QED) is 0.0975. The molecule has 0 spiro atoms. The summed E-state index contributed by atoms with van der Waals surface area (Å²) in [4.78, 5) is 32.5. The third kappa shape index (κ3) is 25.6. The zero-order valence-corrected chi connectivity index (χ0v) is 84.7. The van der Waals surface area contributed by atoms with Crippen LogP contribution in [0.4, 0.5) is 0 Å². The second kappa shape index (κ2) is 46.6. The summed E-state index contributed by atoms with van der Waals surface area (Å²) in [6, 6.07) is 97.2. The van der Waals surface area contributed by atoms with Gasteiger partial charge >= 0.3 is 12.3 Å². The van der Waals surface area contributed by atoms with Crippen LogP contribution in [0.5, 0.6) is 0 Å². The monoisotopic (exact) mass is 2150 g/mol. The predicted molar refractivity (Wildman–Crippen MR) is 570 cm³/mol. The maximum absolute atomic E-state index is 10.8. The minimum absolute atomic E-state index is 0.0113. The first-order valence-electron chi connectivity index (χ1n) is 41.2. The molecule has 0 aromatic heterocycles. The first-order valence-corrected chi connectivity index (χ1v) is 47.2. The summed E-state index contributed by atoms with van der Waals surface area (Å²) in [6.45, 7) is 17.8. The molecule has 2 unspecified atom stereocenters.